The molecule has 0 radical (unpaired) electrons. The third-order valence-corrected chi connectivity index (χ3v) is 19.9. The van der Waals surface area contributed by atoms with Crippen molar-refractivity contribution in [3.63, 3.8) is 0 Å². The Morgan fingerprint density at radius 2 is 0.754 bits per heavy atom. The molecule has 0 saturated heterocycles. The van der Waals surface area contributed by atoms with Crippen LogP contribution in [0.4, 0.5) is 11.4 Å². The largest absolute Gasteiger partial charge is 0.744 e. The number of halogens is 1. The average molecular weight is 1870 g/mol. The fourth-order valence-corrected chi connectivity index (χ4v) is 13.2. The smallest absolute Gasteiger partial charge is 0.425 e. The molecule has 0 aromatic heterocycles. The topological polar surface area (TPSA) is 420 Å². The Hall–Kier alpha value is -4.85. The van der Waals surface area contributed by atoms with E-state index in [2.05, 4.69) is 96.5 Å². The second kappa shape index (κ2) is 81.0. The molecule has 4 rings (SSSR count). The number of nitrogens with one attached hydrogen (secondary N) is 2. The molecule has 4 N–H and O–H groups in total. The number of benzene rings is 2. The number of nitrogens with zero attached hydrogens (tertiary/aromatic N) is 2. The minimum Gasteiger partial charge on any atom is -0.744 e. The Morgan fingerprint density at radius 3 is 1.09 bits per heavy atom. The number of carbonyl (C=O) groups is 2. The molecular weight excluding hydrogens is 1710 g/mol. The van der Waals surface area contributed by atoms with Crippen molar-refractivity contribution in [3.8, 4) is 0 Å². The number of rotatable bonds is 89. The number of anilines is 1. The van der Waals surface area contributed by atoms with Crippen LogP contribution in [0.3, 0.4) is 0 Å². The average Bonchev–Trinajstić information content (AvgIpc) is 1.60. The van der Waals surface area contributed by atoms with Crippen molar-refractivity contribution in [1.82, 2.24) is 10.7 Å². The first kappa shape index (κ1) is 117. The number of carbonyl (C=O) groups excluding carboxylic acids is 2. The summed E-state index contributed by atoms with van der Waals surface area (Å²) in [6.07, 6.45) is 14.9. The third-order valence-electron chi connectivity index (χ3n) is 19.1. The van der Waals surface area contributed by atoms with Crippen molar-refractivity contribution < 1.29 is 153 Å². The van der Waals surface area contributed by atoms with E-state index in [1.54, 1.807) is 19.2 Å². The number of hydrogen-bond acceptors (Lipinski definition) is 34. The number of para-hydroxylation sites is 1. The van der Waals surface area contributed by atoms with Crippen molar-refractivity contribution in [2.75, 3.05) is 342 Å². The molecule has 0 spiro atoms. The lowest BCUT2D eigenvalue weighted by Gasteiger charge is -2.34. The summed E-state index contributed by atoms with van der Waals surface area (Å²) in [6.45, 7) is 32.9. The van der Waals surface area contributed by atoms with Crippen LogP contribution < -0.4 is 21.5 Å². The standard InChI is InChI=1S/C86H149N5O29S.ClH.O3S/c1-85(2)77-17-13-14-18-79(77)90(26-16-8-12-22-84(93)89-87)81(85)19-9-6-10-20-82-86(3,4)78-75-76(121(94,95)96)23-24-80(78)91(82)27-15-7-11-21-83(92)88-25-28-98-31-32-100-35-36-102-39-40-104-43-44-106-47-48-108-51-52-110-55-56-112-59-60-114-63-64-116-67-68-118-71-72-120-74-73-119-70-69-117-66-65-115-62-61-113-58-57-111-54-53-109-50-49-107-46-45-105-42-41-103-38-37-101-34-33-99-30-29-97-5;;1-4(2)3/h6,9-10,13-14,17-19,23-24,75,82H,7-8,11-12,15-16,20-22,25-74,87H2,1-5H3,(H2-,88,89,92,93,94,95,96);1H;. The molecule has 2 aromatic carbocycles. The Balaban J connectivity index is 0.0000105. The lowest BCUT2D eigenvalue weighted by atomic mass is 9.79. The lowest BCUT2D eigenvalue weighted by Crippen LogP contribution is -2.41. The lowest BCUT2D eigenvalue weighted by molar-refractivity contribution is -0.438. The Bertz CT molecular complexity index is 3300. The molecule has 2 aliphatic heterocycles. The van der Waals surface area contributed by atoms with Gasteiger partial charge in [-0.05, 0) is 69.7 Å². The normalized spacial score (nSPS) is 14.0. The van der Waals surface area contributed by atoms with Gasteiger partial charge in [0.2, 0.25) is 17.5 Å². The first-order valence-electron chi connectivity index (χ1n) is 43.7. The molecule has 2 aliphatic rings. The van der Waals surface area contributed by atoms with Crippen LogP contribution in [-0.2, 0) is 155 Å². The summed E-state index contributed by atoms with van der Waals surface area (Å²) in [4.78, 5) is 26.5. The monoisotopic (exact) mass is 1860 g/mol. The number of hydrogen-bond donors (Lipinski definition) is 3. The van der Waals surface area contributed by atoms with Crippen molar-refractivity contribution in [3.05, 3.63) is 77.9 Å². The summed E-state index contributed by atoms with van der Waals surface area (Å²) < 4.78 is 196. The van der Waals surface area contributed by atoms with Gasteiger partial charge in [0, 0.05) is 74.3 Å². The predicted molar refractivity (Wildman–Crippen MR) is 471 cm³/mol. The van der Waals surface area contributed by atoms with Gasteiger partial charge in [-0.2, -0.15) is 4.58 Å². The van der Waals surface area contributed by atoms with E-state index in [9.17, 15) is 22.6 Å². The highest BCUT2D eigenvalue weighted by Gasteiger charge is 2.45. The van der Waals surface area contributed by atoms with Crippen LogP contribution in [0.1, 0.15) is 96.6 Å². The van der Waals surface area contributed by atoms with Gasteiger partial charge in [0.1, 0.15) is 16.7 Å². The molecule has 1 unspecified atom stereocenters. The number of allylic oxidation sites excluding steroid dienone is 3. The van der Waals surface area contributed by atoms with Gasteiger partial charge in [-0.3, -0.25) is 15.0 Å². The predicted octanol–water partition coefficient (Wildman–Crippen LogP) is 5.31. The maximum Gasteiger partial charge on any atom is 0.425 e. The molecule has 0 bridgehead atoms. The fourth-order valence-electron chi connectivity index (χ4n) is 12.7. The number of hydrazine groups is 1. The van der Waals surface area contributed by atoms with Crippen molar-refractivity contribution in [1.29, 1.82) is 0 Å². The zero-order chi connectivity index (χ0) is 90.3. The van der Waals surface area contributed by atoms with E-state index in [0.717, 1.165) is 49.9 Å². The van der Waals surface area contributed by atoms with Crippen molar-refractivity contribution >= 4 is 62.0 Å². The van der Waals surface area contributed by atoms with Crippen LogP contribution in [0.25, 0.3) is 0 Å². The highest BCUT2D eigenvalue weighted by molar-refractivity contribution is 7.85. The van der Waals surface area contributed by atoms with E-state index >= 15 is 0 Å². The maximum atomic E-state index is 12.7. The van der Waals surface area contributed by atoms with E-state index in [1.807, 2.05) is 0 Å². The van der Waals surface area contributed by atoms with E-state index in [-0.39, 0.29) is 40.6 Å². The molecule has 2 aromatic rings. The molecule has 0 fully saturated rings. The second-order valence-electron chi connectivity index (χ2n) is 29.1. The van der Waals surface area contributed by atoms with Gasteiger partial charge in [0.25, 0.3) is 0 Å². The van der Waals surface area contributed by atoms with Gasteiger partial charge in [-0.25, -0.2) is 14.3 Å². The van der Waals surface area contributed by atoms with Crippen molar-refractivity contribution in [2.24, 2.45) is 5.84 Å². The summed E-state index contributed by atoms with van der Waals surface area (Å²) in [5, 5.41) is 2.94. The van der Waals surface area contributed by atoms with E-state index in [4.69, 9.17) is 132 Å². The summed E-state index contributed by atoms with van der Waals surface area (Å²) in [6, 6.07) is 13.2. The van der Waals surface area contributed by atoms with Gasteiger partial charge < -0.3 is 128 Å². The molecule has 730 valence electrons. The van der Waals surface area contributed by atoms with Crippen LogP contribution in [0.15, 0.2) is 71.7 Å². The number of ether oxygens (including phenoxy) is 24. The van der Waals surface area contributed by atoms with E-state index < -0.39 is 26.1 Å². The Kier molecular flexibility index (Phi) is 75.3. The molecule has 40 heteroatoms. The summed E-state index contributed by atoms with van der Waals surface area (Å²) in [7, 11) is -6.12. The highest BCUT2D eigenvalue weighted by atomic mass is 35.5. The zero-order valence-electron chi connectivity index (χ0n) is 75.4. The number of methoxy groups -OCH3 is 1. The van der Waals surface area contributed by atoms with Gasteiger partial charge in [0.05, 0.1) is 321 Å². The molecule has 0 aliphatic carbocycles. The molecular formula is C86H150ClN5O32S2. The number of amides is 2. The molecule has 37 nitrogen and oxygen atoms in total. The van der Waals surface area contributed by atoms with Crippen LogP contribution in [0.2, 0.25) is 0 Å². The van der Waals surface area contributed by atoms with Gasteiger partial charge in [-0.1, -0.05) is 56.7 Å². The van der Waals surface area contributed by atoms with Crippen LogP contribution in [-0.4, -0.2) is 391 Å². The van der Waals surface area contributed by atoms with Crippen LogP contribution >= 0.6 is 12.4 Å². The molecule has 2 heterocycles. The first-order valence-corrected chi connectivity index (χ1v) is 46.1. The molecule has 2 amide bonds. The quantitative estimate of drug-likeness (QED) is 0.0144. The van der Waals surface area contributed by atoms with Crippen molar-refractivity contribution in [2.45, 2.75) is 107 Å². The molecule has 0 saturated carbocycles. The highest BCUT2D eigenvalue weighted by Crippen LogP contribution is 2.48. The zero-order valence-corrected chi connectivity index (χ0v) is 77.9. The fraction of sp³-hybridized carbons (Fsp3) is 0.779. The third kappa shape index (κ3) is 61.0. The molecule has 1 atom stereocenters. The van der Waals surface area contributed by atoms with E-state index in [1.165, 1.54) is 23.0 Å². The minimum atomic E-state index is -4.65. The van der Waals surface area contributed by atoms with Gasteiger partial charge >= 0.3 is 10.6 Å². The Morgan fingerprint density at radius 1 is 0.437 bits per heavy atom. The second-order valence-corrected chi connectivity index (χ2v) is 30.9. The number of nitrogens with two attached hydrogens (primary N) is 1. The molecule has 126 heavy (non-hydrogen) atoms. The number of unbranched alkanes of at least 4 members (excludes halogenated alkanes) is 4. The van der Waals surface area contributed by atoms with Crippen LogP contribution in [0.5, 0.6) is 0 Å². The maximum absolute atomic E-state index is 12.7. The SMILES string of the molecule is COCCOCCOCCOCCOCCOCCOCCOCCOCCOCCOCCOCCOCCOCCOCCOCCOCCOCCOCCOCCOCCOCCOCCOCCNC(=O)CCCCCN1c2ccc(S(=O)(=O)[O-])cc2C(C)(C)C1CC=CC=CC1=[N+](CCCCCC(=O)NN)c2ccccc2C1(C)C.Cl.O=S(=O)=O. The van der Waals surface area contributed by atoms with E-state index in [0.29, 0.717) is 349 Å². The number of fused-ring (bicyclic) bond motifs is 2. The minimum absolute atomic E-state index is 0. The first-order chi connectivity index (χ1) is 61.0. The van der Waals surface area contributed by atoms with Crippen LogP contribution in [0, 0.1) is 0 Å². The van der Waals surface area contributed by atoms with Gasteiger partial charge in [0.15, 0.2) is 5.71 Å². The summed E-state index contributed by atoms with van der Waals surface area (Å²) in [5.74, 6) is 5.09. The van der Waals surface area contributed by atoms with Gasteiger partial charge in [-0.15, -0.1) is 25.0 Å². The Labute approximate surface area is 755 Å². The summed E-state index contributed by atoms with van der Waals surface area (Å²) >= 11 is 0. The summed E-state index contributed by atoms with van der Waals surface area (Å²) in [5.41, 5.74) is 6.94.